The number of fused-ring (bicyclic) bond motifs is 2. The Balaban J connectivity index is 1.54. The van der Waals surface area contributed by atoms with Crippen LogP contribution in [0.4, 0.5) is 11.4 Å². The summed E-state index contributed by atoms with van der Waals surface area (Å²) in [6.07, 6.45) is 10.9. The molecule has 2 N–H and O–H groups in total. The van der Waals surface area contributed by atoms with Crippen LogP contribution in [0.25, 0.3) is 0 Å². The summed E-state index contributed by atoms with van der Waals surface area (Å²) in [7, 11) is 0. The minimum atomic E-state index is -0.204. The van der Waals surface area contributed by atoms with Crippen LogP contribution in [0.3, 0.4) is 0 Å². The number of carbonyl (C=O) groups is 3. The fourth-order valence-corrected chi connectivity index (χ4v) is 6.06. The van der Waals surface area contributed by atoms with Crippen molar-refractivity contribution in [3.05, 3.63) is 58.7 Å². The number of rotatable bonds is 10. The first-order valence-corrected chi connectivity index (χ1v) is 14.6. The molecule has 0 atom stereocenters. The number of anilines is 2. The van der Waals surface area contributed by atoms with Gasteiger partial charge in [0.2, 0.25) is 5.91 Å². The lowest BCUT2D eigenvalue weighted by atomic mass is 9.69. The fourth-order valence-electron chi connectivity index (χ4n) is 6.06. The molecular formula is C33H44N2O3. The Morgan fingerprint density at radius 3 is 1.95 bits per heavy atom. The van der Waals surface area contributed by atoms with Crippen molar-refractivity contribution in [1.29, 1.82) is 0 Å². The molecule has 0 saturated heterocycles. The average Bonchev–Trinajstić information content (AvgIpc) is 2.91. The zero-order valence-corrected chi connectivity index (χ0v) is 23.6. The van der Waals surface area contributed by atoms with Gasteiger partial charge in [-0.3, -0.25) is 14.4 Å². The van der Waals surface area contributed by atoms with Gasteiger partial charge in [-0.1, -0.05) is 84.1 Å². The van der Waals surface area contributed by atoms with Crippen LogP contribution in [0.2, 0.25) is 0 Å². The fraction of sp³-hybridized carbons (Fsp3) is 0.545. The normalized spacial score (nSPS) is 19.1. The molecule has 2 aromatic rings. The molecule has 1 amide bonds. The molecule has 0 aromatic heterocycles. The zero-order valence-electron chi connectivity index (χ0n) is 23.6. The lowest BCUT2D eigenvalue weighted by Gasteiger charge is -2.36. The van der Waals surface area contributed by atoms with Crippen molar-refractivity contribution in [2.45, 2.75) is 91.9 Å². The average molecular weight is 517 g/mol. The predicted octanol–water partition coefficient (Wildman–Crippen LogP) is 8.03. The standard InChI is InChI=1S/C33H44N2O3/c1-5-6-7-8-9-12-21-34-26-19-20-27(35-32(38)22-15-17-23(18-16-22)33(2,3)4)29-28(26)30(36)24-13-10-11-14-25(24)31(29)37/h10-11,13-14,19-20,22-23,34H,5-9,12,15-18,21H2,1-4H3,(H,35,38). The van der Waals surface area contributed by atoms with Gasteiger partial charge in [-0.2, -0.15) is 0 Å². The molecule has 38 heavy (non-hydrogen) atoms. The van der Waals surface area contributed by atoms with Gasteiger partial charge in [-0.15, -0.1) is 0 Å². The van der Waals surface area contributed by atoms with Crippen molar-refractivity contribution < 1.29 is 14.4 Å². The second kappa shape index (κ2) is 12.3. The zero-order chi connectivity index (χ0) is 27.3. The van der Waals surface area contributed by atoms with Crippen LogP contribution in [0.5, 0.6) is 0 Å². The number of hydrogen-bond donors (Lipinski definition) is 2. The smallest absolute Gasteiger partial charge is 0.227 e. The molecule has 0 aliphatic heterocycles. The summed E-state index contributed by atoms with van der Waals surface area (Å²) in [5.41, 5.74) is 2.90. The number of ketones is 2. The number of carbonyl (C=O) groups excluding carboxylic acids is 3. The highest BCUT2D eigenvalue weighted by Gasteiger charge is 2.36. The first-order valence-electron chi connectivity index (χ1n) is 14.6. The van der Waals surface area contributed by atoms with Crippen LogP contribution in [0.15, 0.2) is 36.4 Å². The van der Waals surface area contributed by atoms with Crippen molar-refractivity contribution in [2.24, 2.45) is 17.3 Å². The molecule has 2 aromatic carbocycles. The lowest BCUT2D eigenvalue weighted by molar-refractivity contribution is -0.121. The Morgan fingerprint density at radius 2 is 1.34 bits per heavy atom. The largest absolute Gasteiger partial charge is 0.384 e. The molecule has 0 heterocycles. The van der Waals surface area contributed by atoms with E-state index in [-0.39, 0.29) is 28.8 Å². The van der Waals surface area contributed by atoms with Crippen LogP contribution in [-0.2, 0) is 4.79 Å². The minimum Gasteiger partial charge on any atom is -0.384 e. The van der Waals surface area contributed by atoms with E-state index in [1.54, 1.807) is 30.3 Å². The number of nitrogens with one attached hydrogen (secondary N) is 2. The molecule has 2 aliphatic carbocycles. The third-order valence-electron chi connectivity index (χ3n) is 8.50. The number of amides is 1. The summed E-state index contributed by atoms with van der Waals surface area (Å²) in [4.78, 5) is 40.7. The van der Waals surface area contributed by atoms with E-state index >= 15 is 0 Å². The van der Waals surface area contributed by atoms with Crippen molar-refractivity contribution in [1.82, 2.24) is 0 Å². The summed E-state index contributed by atoms with van der Waals surface area (Å²) in [5.74, 6) is 0.127. The number of benzene rings is 2. The number of hydrogen-bond acceptors (Lipinski definition) is 4. The van der Waals surface area contributed by atoms with Gasteiger partial charge in [-0.05, 0) is 55.6 Å². The highest BCUT2D eigenvalue weighted by Crippen LogP contribution is 2.41. The van der Waals surface area contributed by atoms with Gasteiger partial charge in [0.05, 0.1) is 16.8 Å². The van der Waals surface area contributed by atoms with Gasteiger partial charge in [0, 0.05) is 29.3 Å². The van der Waals surface area contributed by atoms with Crippen LogP contribution in [0, 0.1) is 17.3 Å². The Hall–Kier alpha value is -2.95. The topological polar surface area (TPSA) is 75.3 Å². The van der Waals surface area contributed by atoms with Crippen LogP contribution >= 0.6 is 0 Å². The van der Waals surface area contributed by atoms with Gasteiger partial charge in [-0.25, -0.2) is 0 Å². The highest BCUT2D eigenvalue weighted by atomic mass is 16.2. The molecule has 0 unspecified atom stereocenters. The Morgan fingerprint density at radius 1 is 0.789 bits per heavy atom. The Kier molecular flexibility index (Phi) is 9.07. The van der Waals surface area contributed by atoms with Gasteiger partial charge >= 0.3 is 0 Å². The molecule has 0 radical (unpaired) electrons. The third kappa shape index (κ3) is 6.19. The molecule has 1 fully saturated rings. The Labute approximate surface area is 228 Å². The van der Waals surface area contributed by atoms with Crippen molar-refractivity contribution in [3.8, 4) is 0 Å². The maximum absolute atomic E-state index is 13.7. The van der Waals surface area contributed by atoms with Crippen molar-refractivity contribution >= 4 is 28.8 Å². The van der Waals surface area contributed by atoms with Crippen molar-refractivity contribution in [3.63, 3.8) is 0 Å². The predicted molar refractivity (Wildman–Crippen MR) is 155 cm³/mol. The SMILES string of the molecule is CCCCCCCCNc1ccc(NC(=O)C2CCC(C(C)(C)C)CC2)c2c1C(=O)c1ccccc1C2=O. The molecule has 5 nitrogen and oxygen atoms in total. The minimum absolute atomic E-state index is 0.0496. The van der Waals surface area contributed by atoms with E-state index in [0.717, 1.165) is 45.1 Å². The van der Waals surface area contributed by atoms with Crippen molar-refractivity contribution in [2.75, 3.05) is 17.2 Å². The van der Waals surface area contributed by atoms with Gasteiger partial charge in [0.15, 0.2) is 11.6 Å². The lowest BCUT2D eigenvalue weighted by Crippen LogP contribution is -2.32. The monoisotopic (exact) mass is 516 g/mol. The van der Waals surface area contributed by atoms with Crippen LogP contribution < -0.4 is 10.6 Å². The maximum atomic E-state index is 13.7. The maximum Gasteiger partial charge on any atom is 0.227 e. The molecule has 4 rings (SSSR count). The van der Waals surface area contributed by atoms with Gasteiger partial charge in [0.1, 0.15) is 0 Å². The van der Waals surface area contributed by atoms with E-state index in [1.807, 2.05) is 6.07 Å². The first-order chi connectivity index (χ1) is 18.2. The molecule has 1 saturated carbocycles. The summed E-state index contributed by atoms with van der Waals surface area (Å²) < 4.78 is 0. The first kappa shape index (κ1) is 28.1. The second-order valence-electron chi connectivity index (χ2n) is 12.2. The van der Waals surface area contributed by atoms with E-state index in [4.69, 9.17) is 0 Å². The van der Waals surface area contributed by atoms with Crippen LogP contribution in [-0.4, -0.2) is 24.0 Å². The number of unbranched alkanes of at least 4 members (excludes halogenated alkanes) is 5. The summed E-state index contributed by atoms with van der Waals surface area (Å²) in [6, 6.07) is 10.6. The highest BCUT2D eigenvalue weighted by molar-refractivity contribution is 6.32. The van der Waals surface area contributed by atoms with Gasteiger partial charge in [0.25, 0.3) is 0 Å². The third-order valence-corrected chi connectivity index (χ3v) is 8.50. The molecule has 5 heteroatoms. The molecule has 0 spiro atoms. The van der Waals surface area contributed by atoms with E-state index in [2.05, 4.69) is 38.3 Å². The van der Waals surface area contributed by atoms with Crippen LogP contribution in [0.1, 0.15) is 124 Å². The Bertz CT molecular complexity index is 1170. The summed E-state index contributed by atoms with van der Waals surface area (Å²) >= 11 is 0. The molecule has 204 valence electrons. The molecule has 2 aliphatic rings. The molecule has 0 bridgehead atoms. The second-order valence-corrected chi connectivity index (χ2v) is 12.2. The molecular weight excluding hydrogens is 472 g/mol. The van der Waals surface area contributed by atoms with Gasteiger partial charge < -0.3 is 10.6 Å². The van der Waals surface area contributed by atoms with E-state index in [0.29, 0.717) is 39.5 Å². The summed E-state index contributed by atoms with van der Waals surface area (Å²) in [5, 5.41) is 6.48. The van der Waals surface area contributed by atoms with E-state index in [9.17, 15) is 14.4 Å². The summed E-state index contributed by atoms with van der Waals surface area (Å²) in [6.45, 7) is 9.77. The quantitative estimate of drug-likeness (QED) is 0.268. The van der Waals surface area contributed by atoms with E-state index in [1.165, 1.54) is 25.7 Å². The van der Waals surface area contributed by atoms with E-state index < -0.39 is 0 Å².